The highest BCUT2D eigenvalue weighted by molar-refractivity contribution is 5.90. The van der Waals surface area contributed by atoms with Gasteiger partial charge in [-0.1, -0.05) is 48.5 Å². The van der Waals surface area contributed by atoms with Crippen LogP contribution in [0.4, 0.5) is 0 Å². The fourth-order valence-corrected chi connectivity index (χ4v) is 3.19. The van der Waals surface area contributed by atoms with Crippen molar-refractivity contribution >= 4 is 22.7 Å². The van der Waals surface area contributed by atoms with Crippen LogP contribution in [0.1, 0.15) is 11.1 Å². The first-order valence-corrected chi connectivity index (χ1v) is 8.94. The number of rotatable bonds is 8. The summed E-state index contributed by atoms with van der Waals surface area (Å²) in [4.78, 5) is 27.8. The Kier molecular flexibility index (Phi) is 5.88. The smallest absolute Gasteiger partial charge is 0.240 e. The molecule has 3 aromatic rings. The number of carbonyl (C=O) groups is 2. The maximum Gasteiger partial charge on any atom is 0.240 e. The molecule has 0 bridgehead atoms. The first-order valence-electron chi connectivity index (χ1n) is 8.94. The summed E-state index contributed by atoms with van der Waals surface area (Å²) in [5.41, 5.74) is 8.52. The third-order valence-electron chi connectivity index (χ3n) is 4.71. The van der Waals surface area contributed by atoms with Gasteiger partial charge in [-0.05, 0) is 30.7 Å². The topological polar surface area (TPSA) is 100 Å². The van der Waals surface area contributed by atoms with Gasteiger partial charge in [-0.2, -0.15) is 0 Å². The molecule has 2 atom stereocenters. The summed E-state index contributed by atoms with van der Waals surface area (Å²) in [6.07, 6.45) is 2.78. The van der Waals surface area contributed by atoms with E-state index in [9.17, 15) is 9.59 Å². The predicted octanol–water partition coefficient (Wildman–Crippen LogP) is 1.51. The fraction of sp³-hybridized carbons (Fsp3) is 0.238. The van der Waals surface area contributed by atoms with E-state index in [0.717, 1.165) is 22.0 Å². The van der Waals surface area contributed by atoms with Crippen LogP contribution in [-0.2, 0) is 22.4 Å². The van der Waals surface area contributed by atoms with Gasteiger partial charge in [0.2, 0.25) is 11.8 Å². The Hall–Kier alpha value is -3.12. The van der Waals surface area contributed by atoms with Crippen LogP contribution in [0.25, 0.3) is 10.9 Å². The predicted molar refractivity (Wildman–Crippen MR) is 106 cm³/mol. The highest BCUT2D eigenvalue weighted by Gasteiger charge is 2.24. The van der Waals surface area contributed by atoms with Gasteiger partial charge in [0.25, 0.3) is 0 Å². The number of hydrogen-bond acceptors (Lipinski definition) is 3. The molecule has 0 saturated carbocycles. The first kappa shape index (κ1) is 18.7. The van der Waals surface area contributed by atoms with Crippen LogP contribution in [0.15, 0.2) is 60.8 Å². The van der Waals surface area contributed by atoms with Gasteiger partial charge in [0.15, 0.2) is 0 Å². The molecule has 0 radical (unpaired) electrons. The lowest BCUT2D eigenvalue weighted by Gasteiger charge is -2.20. The van der Waals surface area contributed by atoms with Gasteiger partial charge < -0.3 is 21.4 Å². The number of hydrogen-bond donors (Lipinski definition) is 4. The number of nitrogens with two attached hydrogens (primary N) is 1. The summed E-state index contributed by atoms with van der Waals surface area (Å²) in [6, 6.07) is 16.2. The Morgan fingerprint density at radius 1 is 1.00 bits per heavy atom. The average molecular weight is 364 g/mol. The zero-order valence-electron chi connectivity index (χ0n) is 15.2. The zero-order chi connectivity index (χ0) is 19.2. The first-order chi connectivity index (χ1) is 13.1. The Morgan fingerprint density at radius 2 is 1.70 bits per heavy atom. The Morgan fingerprint density at radius 3 is 2.41 bits per heavy atom. The Balaban J connectivity index is 1.70. The molecule has 3 rings (SSSR count). The van der Waals surface area contributed by atoms with Crippen LogP contribution in [0.3, 0.4) is 0 Å². The molecule has 140 valence electrons. The molecule has 6 heteroatoms. The SMILES string of the molecule is CNC(Cc1c[nH]c2ccccc12)C(=O)N[C@@H](Cc1ccccc1)C(N)=O. The molecule has 1 unspecified atom stereocenters. The van der Waals surface area contributed by atoms with E-state index in [4.69, 9.17) is 5.73 Å². The number of fused-ring (bicyclic) bond motifs is 1. The normalized spacial score (nSPS) is 13.2. The minimum Gasteiger partial charge on any atom is -0.368 e. The molecule has 0 aliphatic rings. The maximum atomic E-state index is 12.8. The van der Waals surface area contributed by atoms with Gasteiger partial charge in [0.1, 0.15) is 6.04 Å². The van der Waals surface area contributed by atoms with E-state index in [-0.39, 0.29) is 5.91 Å². The molecule has 2 aromatic carbocycles. The molecule has 2 amide bonds. The maximum absolute atomic E-state index is 12.8. The van der Waals surface area contributed by atoms with Gasteiger partial charge >= 0.3 is 0 Å². The van der Waals surface area contributed by atoms with Gasteiger partial charge in [-0.15, -0.1) is 0 Å². The molecule has 0 spiro atoms. The molecule has 0 fully saturated rings. The van der Waals surface area contributed by atoms with E-state index < -0.39 is 18.0 Å². The third-order valence-corrected chi connectivity index (χ3v) is 4.71. The molecule has 0 aliphatic carbocycles. The number of aromatic nitrogens is 1. The van der Waals surface area contributed by atoms with E-state index in [1.54, 1.807) is 7.05 Å². The minimum absolute atomic E-state index is 0.248. The van der Waals surface area contributed by atoms with Crippen molar-refractivity contribution < 1.29 is 9.59 Å². The molecular weight excluding hydrogens is 340 g/mol. The van der Waals surface area contributed by atoms with Gasteiger partial charge in [0, 0.05) is 23.5 Å². The fourth-order valence-electron chi connectivity index (χ4n) is 3.19. The summed E-state index contributed by atoms with van der Waals surface area (Å²) in [5.74, 6) is -0.795. The van der Waals surface area contributed by atoms with Crippen molar-refractivity contribution in [3.8, 4) is 0 Å². The summed E-state index contributed by atoms with van der Waals surface area (Å²) in [5, 5.41) is 6.91. The summed E-state index contributed by atoms with van der Waals surface area (Å²) >= 11 is 0. The van der Waals surface area contributed by atoms with Crippen molar-refractivity contribution in [1.29, 1.82) is 0 Å². The van der Waals surface area contributed by atoms with Crippen molar-refractivity contribution in [3.05, 3.63) is 71.9 Å². The van der Waals surface area contributed by atoms with Crippen LogP contribution < -0.4 is 16.4 Å². The Labute approximate surface area is 158 Å². The minimum atomic E-state index is -0.751. The number of benzene rings is 2. The molecule has 0 aliphatic heterocycles. The van der Waals surface area contributed by atoms with Crippen molar-refractivity contribution in [2.75, 3.05) is 7.05 Å². The molecule has 5 N–H and O–H groups in total. The second-order valence-corrected chi connectivity index (χ2v) is 6.56. The number of aromatic amines is 1. The molecule has 6 nitrogen and oxygen atoms in total. The standard InChI is InChI=1S/C21H24N4O2/c1-23-19(12-15-13-24-17-10-6-5-9-16(15)17)21(27)25-18(20(22)26)11-14-7-3-2-4-8-14/h2-10,13,18-19,23-24H,11-12H2,1H3,(H2,22,26)(H,25,27)/t18-,19?/m0/s1. The molecule has 27 heavy (non-hydrogen) atoms. The van der Waals surface area contributed by atoms with Gasteiger partial charge in [0.05, 0.1) is 6.04 Å². The van der Waals surface area contributed by atoms with Gasteiger partial charge in [-0.3, -0.25) is 9.59 Å². The van der Waals surface area contributed by atoms with Crippen LogP contribution in [0.5, 0.6) is 0 Å². The molecule has 0 saturated heterocycles. The van der Waals surface area contributed by atoms with E-state index in [1.165, 1.54) is 0 Å². The summed E-state index contributed by atoms with van der Waals surface area (Å²) < 4.78 is 0. The van der Waals surface area contributed by atoms with Crippen molar-refractivity contribution in [2.45, 2.75) is 24.9 Å². The van der Waals surface area contributed by atoms with E-state index >= 15 is 0 Å². The summed E-state index contributed by atoms with van der Waals surface area (Å²) in [6.45, 7) is 0. The number of primary amides is 1. The molecule has 1 aromatic heterocycles. The lowest BCUT2D eigenvalue weighted by atomic mass is 10.0. The van der Waals surface area contributed by atoms with E-state index in [1.807, 2.05) is 60.8 Å². The monoisotopic (exact) mass is 364 g/mol. The highest BCUT2D eigenvalue weighted by atomic mass is 16.2. The number of carbonyl (C=O) groups excluding carboxylic acids is 2. The van der Waals surface area contributed by atoms with E-state index in [0.29, 0.717) is 12.8 Å². The quantitative estimate of drug-likeness (QED) is 0.487. The number of amides is 2. The highest BCUT2D eigenvalue weighted by Crippen LogP contribution is 2.19. The van der Waals surface area contributed by atoms with Crippen LogP contribution in [0, 0.1) is 0 Å². The summed E-state index contributed by atoms with van der Waals surface area (Å²) in [7, 11) is 1.73. The number of likely N-dealkylation sites (N-methyl/N-ethyl adjacent to an activating group) is 1. The zero-order valence-corrected chi connectivity index (χ0v) is 15.2. The number of H-pyrrole nitrogens is 1. The lowest BCUT2D eigenvalue weighted by Crippen LogP contribution is -2.52. The van der Waals surface area contributed by atoms with Crippen molar-refractivity contribution in [3.63, 3.8) is 0 Å². The van der Waals surface area contributed by atoms with E-state index in [2.05, 4.69) is 15.6 Å². The Bertz CT molecular complexity index is 920. The average Bonchev–Trinajstić information content (AvgIpc) is 3.09. The van der Waals surface area contributed by atoms with Crippen LogP contribution in [0.2, 0.25) is 0 Å². The van der Waals surface area contributed by atoms with Crippen LogP contribution >= 0.6 is 0 Å². The largest absolute Gasteiger partial charge is 0.368 e. The number of nitrogens with one attached hydrogen (secondary N) is 3. The second-order valence-electron chi connectivity index (χ2n) is 6.56. The molecule has 1 heterocycles. The van der Waals surface area contributed by atoms with Crippen molar-refractivity contribution in [1.82, 2.24) is 15.6 Å². The number of para-hydroxylation sites is 1. The lowest BCUT2D eigenvalue weighted by molar-refractivity contribution is -0.128. The molecular formula is C21H24N4O2. The van der Waals surface area contributed by atoms with Gasteiger partial charge in [-0.25, -0.2) is 0 Å². The van der Waals surface area contributed by atoms with Crippen molar-refractivity contribution in [2.24, 2.45) is 5.73 Å². The van der Waals surface area contributed by atoms with Crippen LogP contribution in [-0.4, -0.2) is 35.9 Å². The second kappa shape index (κ2) is 8.51. The third kappa shape index (κ3) is 4.54.